The number of hydrogen-bond donors (Lipinski definition) is 1. The van der Waals surface area contributed by atoms with E-state index in [2.05, 4.69) is 17.5 Å². The van der Waals surface area contributed by atoms with E-state index < -0.39 is 0 Å². The minimum atomic E-state index is -0.155. The van der Waals surface area contributed by atoms with Gasteiger partial charge >= 0.3 is 0 Å². The standard InChI is InChI=1S/C15H22N2O/c1-2-3-4-5-6-10-13-16-17-15(18)14-11-8-7-9-12-14/h7-9,11-13H,2-6,10H2,1H3,(H,17,18)/b16-13+. The van der Waals surface area contributed by atoms with Crippen LogP contribution in [0.3, 0.4) is 0 Å². The van der Waals surface area contributed by atoms with E-state index in [0.29, 0.717) is 5.56 Å². The van der Waals surface area contributed by atoms with Gasteiger partial charge < -0.3 is 0 Å². The van der Waals surface area contributed by atoms with Crippen LogP contribution < -0.4 is 5.43 Å². The average molecular weight is 246 g/mol. The molecule has 18 heavy (non-hydrogen) atoms. The molecule has 0 radical (unpaired) electrons. The van der Waals surface area contributed by atoms with Crippen molar-refractivity contribution in [1.29, 1.82) is 0 Å². The molecule has 0 aliphatic heterocycles. The third-order valence-corrected chi connectivity index (χ3v) is 2.73. The van der Waals surface area contributed by atoms with Gasteiger partial charge in [-0.15, -0.1) is 0 Å². The summed E-state index contributed by atoms with van der Waals surface area (Å²) >= 11 is 0. The lowest BCUT2D eigenvalue weighted by molar-refractivity contribution is 0.0955. The van der Waals surface area contributed by atoms with Crippen molar-refractivity contribution >= 4 is 12.1 Å². The number of benzene rings is 1. The summed E-state index contributed by atoms with van der Waals surface area (Å²) in [5.41, 5.74) is 3.17. The van der Waals surface area contributed by atoms with Crippen LogP contribution in [0.5, 0.6) is 0 Å². The van der Waals surface area contributed by atoms with Gasteiger partial charge in [-0.25, -0.2) is 5.43 Å². The summed E-state index contributed by atoms with van der Waals surface area (Å²) in [6.07, 6.45) is 8.96. The summed E-state index contributed by atoms with van der Waals surface area (Å²) in [7, 11) is 0. The summed E-state index contributed by atoms with van der Waals surface area (Å²) < 4.78 is 0. The molecule has 1 aromatic carbocycles. The van der Waals surface area contributed by atoms with Gasteiger partial charge in [-0.1, -0.05) is 50.8 Å². The van der Waals surface area contributed by atoms with E-state index in [1.54, 1.807) is 18.3 Å². The van der Waals surface area contributed by atoms with Crippen LogP contribution in [0.1, 0.15) is 55.8 Å². The van der Waals surface area contributed by atoms with Gasteiger partial charge in [-0.2, -0.15) is 5.10 Å². The van der Waals surface area contributed by atoms with E-state index in [1.807, 2.05) is 18.2 Å². The van der Waals surface area contributed by atoms with Crippen LogP contribution >= 0.6 is 0 Å². The highest BCUT2D eigenvalue weighted by Gasteiger charge is 2.00. The van der Waals surface area contributed by atoms with Gasteiger partial charge in [0.05, 0.1) is 0 Å². The van der Waals surface area contributed by atoms with Gasteiger partial charge in [-0.3, -0.25) is 4.79 Å². The Balaban J connectivity index is 2.11. The van der Waals surface area contributed by atoms with E-state index in [4.69, 9.17) is 0 Å². The second-order valence-corrected chi connectivity index (χ2v) is 4.32. The zero-order valence-corrected chi connectivity index (χ0v) is 11.1. The fourth-order valence-corrected chi connectivity index (χ4v) is 1.66. The first kappa shape index (κ1) is 14.4. The number of hydrogen-bond acceptors (Lipinski definition) is 2. The first-order valence-electron chi connectivity index (χ1n) is 6.71. The van der Waals surface area contributed by atoms with Crippen LogP contribution in [-0.2, 0) is 0 Å². The largest absolute Gasteiger partial charge is 0.271 e. The Hall–Kier alpha value is -1.64. The molecule has 1 rings (SSSR count). The van der Waals surface area contributed by atoms with Crippen molar-refractivity contribution in [3.63, 3.8) is 0 Å². The van der Waals surface area contributed by atoms with Crippen LogP contribution in [0.2, 0.25) is 0 Å². The topological polar surface area (TPSA) is 41.5 Å². The predicted octanol–water partition coefficient (Wildman–Crippen LogP) is 3.76. The molecule has 3 heteroatoms. The van der Waals surface area contributed by atoms with Crippen LogP contribution in [0.4, 0.5) is 0 Å². The molecule has 0 aliphatic carbocycles. The molecule has 0 saturated heterocycles. The second-order valence-electron chi connectivity index (χ2n) is 4.32. The number of carbonyl (C=O) groups is 1. The third-order valence-electron chi connectivity index (χ3n) is 2.73. The summed E-state index contributed by atoms with van der Waals surface area (Å²) in [4.78, 5) is 11.6. The van der Waals surface area contributed by atoms with Crippen molar-refractivity contribution in [3.05, 3.63) is 35.9 Å². The van der Waals surface area contributed by atoms with Crippen molar-refractivity contribution in [1.82, 2.24) is 5.43 Å². The number of nitrogens with one attached hydrogen (secondary N) is 1. The molecule has 0 saturated carbocycles. The smallest absolute Gasteiger partial charge is 0.267 e. The molecule has 0 heterocycles. The fourth-order valence-electron chi connectivity index (χ4n) is 1.66. The molecule has 0 fully saturated rings. The van der Waals surface area contributed by atoms with Crippen molar-refractivity contribution in [2.75, 3.05) is 0 Å². The van der Waals surface area contributed by atoms with Gasteiger partial charge in [0.1, 0.15) is 0 Å². The van der Waals surface area contributed by atoms with Crippen LogP contribution in [0.25, 0.3) is 0 Å². The van der Waals surface area contributed by atoms with Crippen molar-refractivity contribution in [3.8, 4) is 0 Å². The Bertz CT molecular complexity index is 360. The summed E-state index contributed by atoms with van der Waals surface area (Å²) in [6, 6.07) is 9.11. The Morgan fingerprint density at radius 3 is 2.61 bits per heavy atom. The van der Waals surface area contributed by atoms with Gasteiger partial charge in [0, 0.05) is 11.8 Å². The molecular formula is C15H22N2O. The monoisotopic (exact) mass is 246 g/mol. The zero-order valence-electron chi connectivity index (χ0n) is 11.1. The van der Waals surface area contributed by atoms with Crippen LogP contribution in [-0.4, -0.2) is 12.1 Å². The zero-order chi connectivity index (χ0) is 13.1. The van der Waals surface area contributed by atoms with E-state index in [9.17, 15) is 4.79 Å². The normalized spacial score (nSPS) is 10.7. The number of hydrazone groups is 1. The Labute approximate surface area is 109 Å². The molecule has 0 unspecified atom stereocenters. The van der Waals surface area contributed by atoms with Gasteiger partial charge in [0.15, 0.2) is 0 Å². The molecule has 98 valence electrons. The molecule has 0 spiro atoms. The minimum absolute atomic E-state index is 0.155. The summed E-state index contributed by atoms with van der Waals surface area (Å²) in [6.45, 7) is 2.21. The number of amides is 1. The molecule has 3 nitrogen and oxygen atoms in total. The number of rotatable bonds is 8. The number of carbonyl (C=O) groups excluding carboxylic acids is 1. The summed E-state index contributed by atoms with van der Waals surface area (Å²) in [5.74, 6) is -0.155. The molecule has 0 bridgehead atoms. The van der Waals surface area contributed by atoms with E-state index >= 15 is 0 Å². The van der Waals surface area contributed by atoms with Gasteiger partial charge in [-0.05, 0) is 25.0 Å². The van der Waals surface area contributed by atoms with Gasteiger partial charge in [0.25, 0.3) is 5.91 Å². The lowest BCUT2D eigenvalue weighted by Gasteiger charge is -1.99. The Morgan fingerprint density at radius 2 is 1.89 bits per heavy atom. The maximum atomic E-state index is 11.6. The lowest BCUT2D eigenvalue weighted by Crippen LogP contribution is -2.17. The van der Waals surface area contributed by atoms with Crippen LogP contribution in [0, 0.1) is 0 Å². The fraction of sp³-hybridized carbons (Fsp3) is 0.467. The minimum Gasteiger partial charge on any atom is -0.267 e. The van der Waals surface area contributed by atoms with Gasteiger partial charge in [0.2, 0.25) is 0 Å². The second kappa shape index (κ2) is 9.40. The molecule has 1 N–H and O–H groups in total. The Kier molecular flexibility index (Phi) is 7.53. The maximum Gasteiger partial charge on any atom is 0.271 e. The highest BCUT2D eigenvalue weighted by molar-refractivity contribution is 5.94. The highest BCUT2D eigenvalue weighted by atomic mass is 16.2. The molecule has 1 aromatic rings. The average Bonchev–Trinajstić information content (AvgIpc) is 2.42. The van der Waals surface area contributed by atoms with E-state index in [-0.39, 0.29) is 5.91 Å². The van der Waals surface area contributed by atoms with Crippen molar-refractivity contribution in [2.45, 2.75) is 45.4 Å². The highest BCUT2D eigenvalue weighted by Crippen LogP contribution is 2.03. The van der Waals surface area contributed by atoms with Crippen molar-refractivity contribution in [2.24, 2.45) is 5.10 Å². The molecule has 0 aromatic heterocycles. The number of nitrogens with zero attached hydrogens (tertiary/aromatic N) is 1. The molecule has 0 atom stereocenters. The molecule has 0 aliphatic rings. The third kappa shape index (κ3) is 6.18. The quantitative estimate of drug-likeness (QED) is 0.423. The van der Waals surface area contributed by atoms with Crippen molar-refractivity contribution < 1.29 is 4.79 Å². The predicted molar refractivity (Wildman–Crippen MR) is 75.8 cm³/mol. The van der Waals surface area contributed by atoms with Crippen LogP contribution in [0.15, 0.2) is 35.4 Å². The van der Waals surface area contributed by atoms with E-state index in [0.717, 1.165) is 12.8 Å². The summed E-state index contributed by atoms with van der Waals surface area (Å²) in [5, 5.41) is 3.94. The Morgan fingerprint density at radius 1 is 1.17 bits per heavy atom. The first-order chi connectivity index (χ1) is 8.84. The SMILES string of the molecule is CCCCCCC/C=N/NC(=O)c1ccccc1. The molecular weight excluding hydrogens is 224 g/mol. The lowest BCUT2D eigenvalue weighted by atomic mass is 10.1. The number of unbranched alkanes of at least 4 members (excludes halogenated alkanes) is 5. The maximum absolute atomic E-state index is 11.6. The first-order valence-corrected chi connectivity index (χ1v) is 6.71. The van der Waals surface area contributed by atoms with E-state index in [1.165, 1.54) is 25.7 Å². The molecule has 1 amide bonds.